The number of carbonyl (C=O) groups excluding carboxylic acids is 1. The van der Waals surface area contributed by atoms with Crippen LogP contribution in [0.3, 0.4) is 0 Å². The molecule has 1 saturated carbocycles. The van der Waals surface area contributed by atoms with Crippen molar-refractivity contribution < 1.29 is 9.53 Å². The molecule has 3 rings (SSSR count). The number of aromatic nitrogens is 2. The van der Waals surface area contributed by atoms with Crippen LogP contribution in [0.25, 0.3) is 11.1 Å². The molecule has 0 saturated heterocycles. The lowest BCUT2D eigenvalue weighted by atomic mass is 10.1. The zero-order chi connectivity index (χ0) is 16.7. The average Bonchev–Trinajstić information content (AvgIpc) is 3.41. The van der Waals surface area contributed by atoms with Gasteiger partial charge in [-0.2, -0.15) is 0 Å². The molecule has 1 aliphatic carbocycles. The Labute approximate surface area is 137 Å². The second-order valence-electron chi connectivity index (χ2n) is 5.25. The molecule has 2 heterocycles. The largest absolute Gasteiger partial charge is 0.491 e. The number of anilines is 1. The number of nitrogens with zero attached hydrogens (tertiary/aromatic N) is 2. The zero-order valence-corrected chi connectivity index (χ0v) is 13.9. The van der Waals surface area contributed by atoms with Crippen LogP contribution in [0.1, 0.15) is 32.4 Å². The molecule has 0 radical (unpaired) electrons. The van der Waals surface area contributed by atoms with E-state index < -0.39 is 0 Å². The fourth-order valence-electron chi connectivity index (χ4n) is 2.06. The molecular formula is C18H23N3O2. The van der Waals surface area contributed by atoms with Crippen molar-refractivity contribution in [1.82, 2.24) is 9.97 Å². The van der Waals surface area contributed by atoms with Crippen molar-refractivity contribution in [3.05, 3.63) is 36.3 Å². The van der Waals surface area contributed by atoms with Gasteiger partial charge in [-0.05, 0) is 49.4 Å². The van der Waals surface area contributed by atoms with Crippen molar-refractivity contribution in [2.24, 2.45) is 5.92 Å². The number of aryl methyl sites for hydroxylation is 1. The first-order chi connectivity index (χ1) is 11.3. The van der Waals surface area contributed by atoms with Crippen molar-refractivity contribution in [3.8, 4) is 16.9 Å². The van der Waals surface area contributed by atoms with Gasteiger partial charge < -0.3 is 10.1 Å². The number of hydrogen-bond acceptors (Lipinski definition) is 4. The van der Waals surface area contributed by atoms with Gasteiger partial charge in [-0.3, -0.25) is 9.78 Å². The maximum Gasteiger partial charge on any atom is 0.212 e. The van der Waals surface area contributed by atoms with Gasteiger partial charge in [0.2, 0.25) is 6.41 Å². The van der Waals surface area contributed by atoms with E-state index in [2.05, 4.69) is 15.3 Å². The number of carbonyl (C=O) groups is 1. The van der Waals surface area contributed by atoms with Gasteiger partial charge in [0.15, 0.2) is 0 Å². The number of rotatable bonds is 6. The fraction of sp³-hybridized carbons (Fsp3) is 0.389. The first kappa shape index (κ1) is 16.9. The predicted octanol–water partition coefficient (Wildman–Crippen LogP) is 3.84. The summed E-state index contributed by atoms with van der Waals surface area (Å²) in [4.78, 5) is 19.0. The molecule has 0 aromatic carbocycles. The van der Waals surface area contributed by atoms with Gasteiger partial charge in [0.25, 0.3) is 0 Å². The molecule has 122 valence electrons. The Bertz CT molecular complexity index is 654. The minimum Gasteiger partial charge on any atom is -0.491 e. The summed E-state index contributed by atoms with van der Waals surface area (Å²) in [5.74, 6) is 2.04. The van der Waals surface area contributed by atoms with Crippen LogP contribution in [0.4, 0.5) is 5.82 Å². The highest BCUT2D eigenvalue weighted by Gasteiger charge is 2.22. The Morgan fingerprint density at radius 3 is 2.74 bits per heavy atom. The highest BCUT2D eigenvalue weighted by Crippen LogP contribution is 2.31. The summed E-state index contributed by atoms with van der Waals surface area (Å²) in [6.45, 7) is 6.71. The van der Waals surface area contributed by atoms with E-state index in [9.17, 15) is 4.79 Å². The molecule has 1 amide bonds. The Morgan fingerprint density at radius 2 is 2.04 bits per heavy atom. The minimum atomic E-state index is 0.517. The third kappa shape index (κ3) is 4.77. The quantitative estimate of drug-likeness (QED) is 0.823. The van der Waals surface area contributed by atoms with E-state index >= 15 is 0 Å². The van der Waals surface area contributed by atoms with Crippen LogP contribution >= 0.6 is 0 Å². The van der Waals surface area contributed by atoms with Crippen molar-refractivity contribution in [1.29, 1.82) is 0 Å². The van der Waals surface area contributed by atoms with E-state index in [1.807, 2.05) is 39.0 Å². The lowest BCUT2D eigenvalue weighted by Crippen LogP contribution is -2.02. The topological polar surface area (TPSA) is 64.1 Å². The molecule has 5 heteroatoms. The molecule has 5 nitrogen and oxygen atoms in total. The van der Waals surface area contributed by atoms with E-state index in [0.29, 0.717) is 18.1 Å². The lowest BCUT2D eigenvalue weighted by molar-refractivity contribution is -0.105. The average molecular weight is 313 g/mol. The standard InChI is InChI=1S/C16H17N3O2.C2H6/c1-11-15(21-9-12-2-3-12)6-14(8-18-11)13-4-5-17-16(7-13)19-10-20;1-2/h4-8,10,12H,2-3,9H2,1H3,(H,17,19,20);1-2H3. The molecule has 0 spiro atoms. The summed E-state index contributed by atoms with van der Waals surface area (Å²) >= 11 is 0. The number of pyridine rings is 2. The SMILES string of the molecule is CC.Cc1ncc(-c2ccnc(NC=O)c2)cc1OCC1CC1. The van der Waals surface area contributed by atoms with Crippen LogP contribution < -0.4 is 10.1 Å². The van der Waals surface area contributed by atoms with Crippen LogP contribution in [-0.4, -0.2) is 23.0 Å². The predicted molar refractivity (Wildman–Crippen MR) is 91.5 cm³/mol. The van der Waals surface area contributed by atoms with Gasteiger partial charge in [-0.1, -0.05) is 13.8 Å². The molecule has 0 aliphatic heterocycles. The molecule has 1 fully saturated rings. The highest BCUT2D eigenvalue weighted by atomic mass is 16.5. The van der Waals surface area contributed by atoms with E-state index in [1.54, 1.807) is 12.4 Å². The monoisotopic (exact) mass is 313 g/mol. The summed E-state index contributed by atoms with van der Waals surface area (Å²) in [6.07, 6.45) is 6.60. The molecule has 1 aliphatic rings. The maximum atomic E-state index is 10.5. The van der Waals surface area contributed by atoms with Crippen molar-refractivity contribution in [3.63, 3.8) is 0 Å². The van der Waals surface area contributed by atoms with Gasteiger partial charge in [0, 0.05) is 18.0 Å². The Balaban J connectivity index is 0.000000924. The van der Waals surface area contributed by atoms with E-state index in [0.717, 1.165) is 29.2 Å². The number of amides is 1. The van der Waals surface area contributed by atoms with Crippen molar-refractivity contribution >= 4 is 12.2 Å². The van der Waals surface area contributed by atoms with Crippen LogP contribution in [0.5, 0.6) is 5.75 Å². The molecule has 1 N–H and O–H groups in total. The molecule has 0 unspecified atom stereocenters. The second kappa shape index (κ2) is 8.27. The number of nitrogens with one attached hydrogen (secondary N) is 1. The first-order valence-electron chi connectivity index (χ1n) is 8.02. The molecular weight excluding hydrogens is 290 g/mol. The van der Waals surface area contributed by atoms with E-state index in [-0.39, 0.29) is 0 Å². The van der Waals surface area contributed by atoms with Crippen LogP contribution in [0, 0.1) is 12.8 Å². The summed E-state index contributed by atoms with van der Waals surface area (Å²) in [7, 11) is 0. The smallest absolute Gasteiger partial charge is 0.212 e. The molecule has 23 heavy (non-hydrogen) atoms. The fourth-order valence-corrected chi connectivity index (χ4v) is 2.06. The van der Waals surface area contributed by atoms with Crippen molar-refractivity contribution in [2.75, 3.05) is 11.9 Å². The zero-order valence-electron chi connectivity index (χ0n) is 13.9. The second-order valence-corrected chi connectivity index (χ2v) is 5.25. The minimum absolute atomic E-state index is 0.517. The first-order valence-corrected chi connectivity index (χ1v) is 8.02. The Hall–Kier alpha value is -2.43. The van der Waals surface area contributed by atoms with E-state index in [1.165, 1.54) is 12.8 Å². The van der Waals surface area contributed by atoms with Gasteiger partial charge in [0.05, 0.1) is 12.3 Å². The summed E-state index contributed by atoms with van der Waals surface area (Å²) in [5.41, 5.74) is 2.78. The Morgan fingerprint density at radius 1 is 1.26 bits per heavy atom. The third-order valence-electron chi connectivity index (χ3n) is 3.51. The molecule has 0 bridgehead atoms. The normalized spacial score (nSPS) is 12.8. The lowest BCUT2D eigenvalue weighted by Gasteiger charge is -2.10. The van der Waals surface area contributed by atoms with Gasteiger partial charge in [0.1, 0.15) is 11.6 Å². The van der Waals surface area contributed by atoms with Crippen LogP contribution in [0.15, 0.2) is 30.6 Å². The van der Waals surface area contributed by atoms with Gasteiger partial charge >= 0.3 is 0 Å². The number of hydrogen-bond donors (Lipinski definition) is 1. The molecule has 2 aromatic rings. The maximum absolute atomic E-state index is 10.5. The summed E-state index contributed by atoms with van der Waals surface area (Å²) in [6, 6.07) is 5.68. The summed E-state index contributed by atoms with van der Waals surface area (Å²) < 4.78 is 5.85. The summed E-state index contributed by atoms with van der Waals surface area (Å²) in [5, 5.41) is 2.55. The van der Waals surface area contributed by atoms with Crippen LogP contribution in [-0.2, 0) is 4.79 Å². The van der Waals surface area contributed by atoms with Gasteiger partial charge in [-0.15, -0.1) is 0 Å². The molecule has 0 atom stereocenters. The number of ether oxygens (including phenoxy) is 1. The molecule has 2 aromatic heterocycles. The highest BCUT2D eigenvalue weighted by molar-refractivity contribution is 5.73. The van der Waals surface area contributed by atoms with Crippen LogP contribution in [0.2, 0.25) is 0 Å². The van der Waals surface area contributed by atoms with Gasteiger partial charge in [-0.25, -0.2) is 4.98 Å². The Kier molecular flexibility index (Phi) is 6.09. The third-order valence-corrected chi connectivity index (χ3v) is 3.51. The van der Waals surface area contributed by atoms with Crippen molar-refractivity contribution in [2.45, 2.75) is 33.6 Å². The van der Waals surface area contributed by atoms with E-state index in [4.69, 9.17) is 4.74 Å².